The Morgan fingerprint density at radius 3 is 2.47 bits per heavy atom. The number of pyridine rings is 1. The third kappa shape index (κ3) is 5.89. The zero-order valence-electron chi connectivity index (χ0n) is 22.4. The second kappa shape index (κ2) is 11.1. The zero-order valence-corrected chi connectivity index (χ0v) is 23.1. The Morgan fingerprint density at radius 1 is 1.13 bits per heavy atom. The van der Waals surface area contributed by atoms with Gasteiger partial charge in [0.2, 0.25) is 5.91 Å². The average Bonchev–Trinajstić information content (AvgIpc) is 3.29. The number of ether oxygens (including phenoxy) is 1. The lowest BCUT2D eigenvalue weighted by atomic mass is 9.71. The van der Waals surface area contributed by atoms with Crippen LogP contribution in [0.2, 0.25) is 5.02 Å². The number of carbonyl (C=O) groups is 1. The first kappa shape index (κ1) is 26.7. The van der Waals surface area contributed by atoms with Crippen LogP contribution in [0.15, 0.2) is 36.4 Å². The second-order valence-corrected chi connectivity index (χ2v) is 11.9. The topological polar surface area (TPSA) is 100 Å². The molecule has 1 fully saturated rings. The highest BCUT2D eigenvalue weighted by Gasteiger charge is 2.33. The van der Waals surface area contributed by atoms with Gasteiger partial charge in [-0.3, -0.25) is 4.79 Å². The molecule has 5 rings (SSSR count). The van der Waals surface area contributed by atoms with E-state index in [9.17, 15) is 9.90 Å². The molecule has 3 aromatic rings. The van der Waals surface area contributed by atoms with E-state index < -0.39 is 0 Å². The number of fused-ring (bicyclic) bond motifs is 1. The number of amides is 1. The Morgan fingerprint density at radius 2 is 1.84 bits per heavy atom. The van der Waals surface area contributed by atoms with Crippen molar-refractivity contribution < 1.29 is 14.6 Å². The molecule has 1 saturated carbocycles. The van der Waals surface area contributed by atoms with E-state index >= 15 is 0 Å². The van der Waals surface area contributed by atoms with Crippen LogP contribution in [0.25, 0.3) is 28.0 Å². The van der Waals surface area contributed by atoms with E-state index in [4.69, 9.17) is 21.3 Å². The predicted octanol–water partition coefficient (Wildman–Crippen LogP) is 6.31. The standard InChI is InChI=1S/C30H37ClN4O3/c1-18(37)32-23-12-8-20(9-13-23)19-4-6-21(7-5-19)27-25(31)16-26-28(34-27)35-29(33-26)38-24-14-10-22(11-15-24)30(2,3)17-36/h4-8,16,22-24,36H,9-15,17H2,1-3H3,(H,32,37)(H,33,34,35). The van der Waals surface area contributed by atoms with Gasteiger partial charge >= 0.3 is 0 Å². The first-order valence-electron chi connectivity index (χ1n) is 13.6. The Hall–Kier alpha value is -2.90. The van der Waals surface area contributed by atoms with Crippen molar-refractivity contribution in [1.29, 1.82) is 0 Å². The largest absolute Gasteiger partial charge is 0.461 e. The molecule has 2 aliphatic carbocycles. The van der Waals surface area contributed by atoms with Gasteiger partial charge in [0.05, 0.1) is 16.2 Å². The number of carbonyl (C=O) groups excluding carboxylic acids is 1. The Kier molecular flexibility index (Phi) is 7.78. The SMILES string of the molecule is CC(=O)NC1CC=C(c2ccc(-c3nc4nc(OC5CCC(C(C)(C)CO)CC5)[nH]c4cc3Cl)cc2)CC1. The van der Waals surface area contributed by atoms with Crippen LogP contribution in [0.4, 0.5) is 0 Å². The number of hydrogen-bond acceptors (Lipinski definition) is 5. The van der Waals surface area contributed by atoms with E-state index in [1.165, 1.54) is 11.1 Å². The number of aliphatic hydroxyl groups excluding tert-OH is 1. The number of benzene rings is 1. The molecule has 2 aliphatic rings. The van der Waals surface area contributed by atoms with Crippen LogP contribution in [-0.2, 0) is 4.79 Å². The molecule has 202 valence electrons. The normalized spacial score (nSPS) is 22.2. The smallest absolute Gasteiger partial charge is 0.296 e. The van der Waals surface area contributed by atoms with E-state index in [0.717, 1.165) is 56.0 Å². The van der Waals surface area contributed by atoms with Gasteiger partial charge in [0.25, 0.3) is 6.01 Å². The molecule has 0 saturated heterocycles. The van der Waals surface area contributed by atoms with Crippen molar-refractivity contribution in [3.8, 4) is 17.3 Å². The Bertz CT molecular complexity index is 1320. The van der Waals surface area contributed by atoms with Crippen LogP contribution in [-0.4, -0.2) is 44.7 Å². The molecule has 3 N–H and O–H groups in total. The monoisotopic (exact) mass is 536 g/mol. The van der Waals surface area contributed by atoms with Crippen LogP contribution < -0.4 is 10.1 Å². The molecule has 2 aromatic heterocycles. The van der Waals surface area contributed by atoms with Crippen LogP contribution >= 0.6 is 11.6 Å². The molecule has 8 heteroatoms. The summed E-state index contributed by atoms with van der Waals surface area (Å²) in [5.41, 5.74) is 5.39. The summed E-state index contributed by atoms with van der Waals surface area (Å²) in [5.74, 6) is 0.533. The minimum atomic E-state index is -0.0518. The van der Waals surface area contributed by atoms with Gasteiger partial charge < -0.3 is 20.1 Å². The lowest BCUT2D eigenvalue weighted by Crippen LogP contribution is -2.34. The summed E-state index contributed by atoms with van der Waals surface area (Å²) in [7, 11) is 0. The van der Waals surface area contributed by atoms with E-state index in [1.54, 1.807) is 6.92 Å². The van der Waals surface area contributed by atoms with Gasteiger partial charge in [0, 0.05) is 25.1 Å². The predicted molar refractivity (Wildman–Crippen MR) is 151 cm³/mol. The molecular weight excluding hydrogens is 500 g/mol. The molecule has 1 amide bonds. The Balaban J connectivity index is 1.26. The van der Waals surface area contributed by atoms with Crippen LogP contribution in [0, 0.1) is 11.3 Å². The number of aromatic nitrogens is 3. The second-order valence-electron chi connectivity index (χ2n) is 11.4. The number of aromatic amines is 1. The average molecular weight is 537 g/mol. The van der Waals surface area contributed by atoms with Gasteiger partial charge in [-0.2, -0.15) is 4.98 Å². The molecule has 1 aromatic carbocycles. The number of H-pyrrole nitrogens is 1. The summed E-state index contributed by atoms with van der Waals surface area (Å²) >= 11 is 6.64. The number of imidazole rings is 1. The number of nitrogens with zero attached hydrogens (tertiary/aromatic N) is 2. The van der Waals surface area contributed by atoms with E-state index in [1.807, 2.05) is 18.2 Å². The number of nitrogens with one attached hydrogen (secondary N) is 2. The maximum absolute atomic E-state index is 11.3. The van der Waals surface area contributed by atoms with Gasteiger partial charge in [0.15, 0.2) is 5.65 Å². The molecule has 0 spiro atoms. The van der Waals surface area contributed by atoms with Crippen molar-refractivity contribution in [2.75, 3.05) is 6.61 Å². The minimum Gasteiger partial charge on any atom is -0.461 e. The fraction of sp³-hybridized carbons (Fsp3) is 0.500. The van der Waals surface area contributed by atoms with Crippen molar-refractivity contribution in [3.05, 3.63) is 47.0 Å². The van der Waals surface area contributed by atoms with Gasteiger partial charge in [-0.05, 0) is 73.5 Å². The molecule has 2 heterocycles. The van der Waals surface area contributed by atoms with E-state index in [2.05, 4.69) is 47.3 Å². The van der Waals surface area contributed by atoms with Crippen molar-refractivity contribution in [3.63, 3.8) is 0 Å². The van der Waals surface area contributed by atoms with E-state index in [-0.39, 0.29) is 30.1 Å². The van der Waals surface area contributed by atoms with Crippen molar-refractivity contribution in [1.82, 2.24) is 20.3 Å². The number of aliphatic hydroxyl groups is 1. The maximum Gasteiger partial charge on any atom is 0.296 e. The lowest BCUT2D eigenvalue weighted by Gasteiger charge is -2.37. The molecule has 38 heavy (non-hydrogen) atoms. The fourth-order valence-electron chi connectivity index (χ4n) is 5.76. The van der Waals surface area contributed by atoms with E-state index in [0.29, 0.717) is 28.3 Å². The van der Waals surface area contributed by atoms with Crippen molar-refractivity contribution in [2.24, 2.45) is 11.3 Å². The van der Waals surface area contributed by atoms with Crippen LogP contribution in [0.3, 0.4) is 0 Å². The van der Waals surface area contributed by atoms with Crippen LogP contribution in [0.5, 0.6) is 6.01 Å². The molecule has 0 bridgehead atoms. The zero-order chi connectivity index (χ0) is 26.9. The molecule has 1 atom stereocenters. The van der Waals surface area contributed by atoms with Crippen molar-refractivity contribution in [2.45, 2.75) is 77.9 Å². The highest BCUT2D eigenvalue weighted by Crippen LogP contribution is 2.39. The number of allylic oxidation sites excluding steroid dienone is 1. The number of halogens is 1. The van der Waals surface area contributed by atoms with Gasteiger partial charge in [-0.25, -0.2) is 4.98 Å². The quantitative estimate of drug-likeness (QED) is 0.328. The summed E-state index contributed by atoms with van der Waals surface area (Å²) in [6, 6.07) is 10.9. The van der Waals surface area contributed by atoms with Gasteiger partial charge in [-0.1, -0.05) is 55.8 Å². The van der Waals surface area contributed by atoms with Gasteiger partial charge in [-0.15, -0.1) is 0 Å². The third-order valence-corrected chi connectivity index (χ3v) is 8.51. The first-order chi connectivity index (χ1) is 18.2. The highest BCUT2D eigenvalue weighted by molar-refractivity contribution is 6.33. The summed E-state index contributed by atoms with van der Waals surface area (Å²) < 4.78 is 6.19. The van der Waals surface area contributed by atoms with Crippen molar-refractivity contribution >= 4 is 34.2 Å². The maximum atomic E-state index is 11.3. The van der Waals surface area contributed by atoms with Gasteiger partial charge in [0.1, 0.15) is 6.10 Å². The molecule has 0 radical (unpaired) electrons. The molecule has 1 unspecified atom stereocenters. The molecule has 0 aliphatic heterocycles. The number of hydrogen-bond donors (Lipinski definition) is 3. The summed E-state index contributed by atoms with van der Waals surface area (Å²) in [5, 5.41) is 13.2. The Labute approximate surface area is 229 Å². The highest BCUT2D eigenvalue weighted by atomic mass is 35.5. The first-order valence-corrected chi connectivity index (χ1v) is 14.0. The number of rotatable bonds is 7. The third-order valence-electron chi connectivity index (χ3n) is 8.22. The summed E-state index contributed by atoms with van der Waals surface area (Å²) in [6.45, 7) is 6.05. The van der Waals surface area contributed by atoms with Crippen LogP contribution in [0.1, 0.15) is 71.3 Å². The summed E-state index contributed by atoms with van der Waals surface area (Å²) in [4.78, 5) is 23.9. The molecular formula is C30H37ClN4O3. The lowest BCUT2D eigenvalue weighted by molar-refractivity contribution is -0.119. The minimum absolute atomic E-state index is 0.0265. The summed E-state index contributed by atoms with van der Waals surface area (Å²) in [6.07, 6.45) is 9.03. The molecule has 7 nitrogen and oxygen atoms in total. The fourth-order valence-corrected chi connectivity index (χ4v) is 6.02.